The van der Waals surface area contributed by atoms with Crippen LogP contribution in [0, 0.1) is 0 Å². The van der Waals surface area contributed by atoms with Gasteiger partial charge in [0.05, 0.1) is 12.7 Å². The third kappa shape index (κ3) is 3.80. The van der Waals surface area contributed by atoms with Gasteiger partial charge in [-0.2, -0.15) is 0 Å². The molecule has 0 unspecified atom stereocenters. The maximum absolute atomic E-state index is 6.25. The van der Waals surface area contributed by atoms with Gasteiger partial charge in [-0.3, -0.25) is 9.88 Å². The summed E-state index contributed by atoms with van der Waals surface area (Å²) in [6.45, 7) is 7.45. The Balaban J connectivity index is 1.33. The lowest BCUT2D eigenvalue weighted by molar-refractivity contribution is -0.0817. The van der Waals surface area contributed by atoms with Crippen molar-refractivity contribution < 1.29 is 9.47 Å². The molecule has 1 aromatic heterocycles. The molecule has 0 saturated carbocycles. The molecule has 0 bridgehead atoms. The van der Waals surface area contributed by atoms with E-state index in [4.69, 9.17) is 9.47 Å². The third-order valence-corrected chi connectivity index (χ3v) is 5.70. The lowest BCUT2D eigenvalue weighted by Crippen LogP contribution is -2.43. The molecule has 24 heavy (non-hydrogen) atoms. The van der Waals surface area contributed by atoms with Crippen LogP contribution in [0.25, 0.3) is 0 Å². The molecule has 0 spiro atoms. The Morgan fingerprint density at radius 2 is 1.96 bits per heavy atom. The first-order valence-corrected chi connectivity index (χ1v) is 9.49. The van der Waals surface area contributed by atoms with Gasteiger partial charge in [0.25, 0.3) is 0 Å². The maximum Gasteiger partial charge on any atom is 0.100 e. The summed E-state index contributed by atoms with van der Waals surface area (Å²) in [7, 11) is 0. The lowest BCUT2D eigenvalue weighted by atomic mass is 10.0. The molecule has 3 aliphatic heterocycles. The fourth-order valence-electron chi connectivity index (χ4n) is 4.37. The van der Waals surface area contributed by atoms with E-state index in [1.165, 1.54) is 50.9 Å². The topological polar surface area (TPSA) is 37.8 Å². The van der Waals surface area contributed by atoms with Gasteiger partial charge >= 0.3 is 0 Å². The third-order valence-electron chi connectivity index (χ3n) is 5.70. The monoisotopic (exact) mass is 331 g/mol. The van der Waals surface area contributed by atoms with Crippen molar-refractivity contribution in [3.63, 3.8) is 0 Å². The van der Waals surface area contributed by atoms with Gasteiger partial charge in [-0.1, -0.05) is 0 Å². The number of pyridine rings is 1. The van der Waals surface area contributed by atoms with Crippen LogP contribution in [-0.4, -0.2) is 72.4 Å². The van der Waals surface area contributed by atoms with Crippen LogP contribution >= 0.6 is 0 Å². The Kier molecular flexibility index (Phi) is 5.43. The highest BCUT2D eigenvalue weighted by Crippen LogP contribution is 2.31. The van der Waals surface area contributed by atoms with Crippen LogP contribution in [0.5, 0.6) is 0 Å². The summed E-state index contributed by atoms with van der Waals surface area (Å²) in [5.74, 6) is 0. The standard InChI is InChI=1S/C19H29N3O2/c1-2-10-21(9-1)11-12-22-14-18(19-17(22)4-3-13-23-19)24-15-16-5-7-20-8-6-16/h5-8,17-19H,1-4,9-15H2/t17-,18+,19+/m0/s1. The number of hydrogen-bond acceptors (Lipinski definition) is 5. The van der Waals surface area contributed by atoms with Gasteiger partial charge < -0.3 is 14.4 Å². The average Bonchev–Trinajstić information content (AvgIpc) is 3.27. The minimum absolute atomic E-state index is 0.196. The number of aromatic nitrogens is 1. The van der Waals surface area contributed by atoms with Gasteiger partial charge in [0.1, 0.15) is 6.10 Å². The van der Waals surface area contributed by atoms with Gasteiger partial charge in [-0.05, 0) is 56.5 Å². The fraction of sp³-hybridized carbons (Fsp3) is 0.737. The molecular weight excluding hydrogens is 302 g/mol. The van der Waals surface area contributed by atoms with Gasteiger partial charge in [0.15, 0.2) is 0 Å². The van der Waals surface area contributed by atoms with Crippen molar-refractivity contribution in [2.45, 2.75) is 50.5 Å². The number of rotatable bonds is 6. The number of fused-ring (bicyclic) bond motifs is 1. The van der Waals surface area contributed by atoms with E-state index in [9.17, 15) is 0 Å². The SMILES string of the molecule is c1cc(CO[C@@H]2CN(CCN3CCCC3)[C@H]3CCCO[C@@H]23)ccn1. The molecule has 0 aliphatic carbocycles. The van der Waals surface area contributed by atoms with E-state index in [1.807, 2.05) is 24.5 Å². The normalized spacial score (nSPS) is 31.4. The zero-order valence-corrected chi connectivity index (χ0v) is 14.5. The van der Waals surface area contributed by atoms with Gasteiger partial charge in [0, 0.05) is 44.7 Å². The quantitative estimate of drug-likeness (QED) is 0.796. The fourth-order valence-corrected chi connectivity index (χ4v) is 4.37. The van der Waals surface area contributed by atoms with Crippen molar-refractivity contribution in [1.29, 1.82) is 0 Å². The molecule has 0 N–H and O–H groups in total. The molecule has 3 saturated heterocycles. The van der Waals surface area contributed by atoms with Crippen molar-refractivity contribution >= 4 is 0 Å². The van der Waals surface area contributed by atoms with Crippen LogP contribution in [0.15, 0.2) is 24.5 Å². The van der Waals surface area contributed by atoms with Gasteiger partial charge in [-0.15, -0.1) is 0 Å². The predicted octanol–water partition coefficient (Wildman–Crippen LogP) is 1.93. The molecule has 0 amide bonds. The van der Waals surface area contributed by atoms with Crippen LogP contribution in [0.2, 0.25) is 0 Å². The van der Waals surface area contributed by atoms with E-state index < -0.39 is 0 Å². The molecule has 1 aromatic rings. The Morgan fingerprint density at radius 1 is 1.12 bits per heavy atom. The first-order chi connectivity index (χ1) is 11.9. The van der Waals surface area contributed by atoms with Crippen molar-refractivity contribution in [3.05, 3.63) is 30.1 Å². The molecule has 3 atom stereocenters. The molecule has 0 radical (unpaired) electrons. The summed E-state index contributed by atoms with van der Waals surface area (Å²) in [6.07, 6.45) is 9.27. The second-order valence-electron chi connectivity index (χ2n) is 7.29. The van der Waals surface area contributed by atoms with E-state index in [0.717, 1.165) is 19.7 Å². The number of ether oxygens (including phenoxy) is 2. The molecule has 132 valence electrons. The Labute approximate surface area is 144 Å². The highest BCUT2D eigenvalue weighted by molar-refractivity contribution is 5.08. The number of hydrogen-bond donors (Lipinski definition) is 0. The molecule has 4 rings (SSSR count). The lowest BCUT2D eigenvalue weighted by Gasteiger charge is -2.33. The molecule has 5 nitrogen and oxygen atoms in total. The minimum atomic E-state index is 0.196. The summed E-state index contributed by atoms with van der Waals surface area (Å²) in [4.78, 5) is 9.30. The molecule has 0 aromatic carbocycles. The first-order valence-electron chi connectivity index (χ1n) is 9.49. The number of nitrogens with zero attached hydrogens (tertiary/aromatic N) is 3. The van der Waals surface area contributed by atoms with Gasteiger partial charge in [0.2, 0.25) is 0 Å². The minimum Gasteiger partial charge on any atom is -0.374 e. The van der Waals surface area contributed by atoms with E-state index >= 15 is 0 Å². The summed E-state index contributed by atoms with van der Waals surface area (Å²) >= 11 is 0. The maximum atomic E-state index is 6.25. The second kappa shape index (κ2) is 7.91. The van der Waals surface area contributed by atoms with Crippen molar-refractivity contribution in [3.8, 4) is 0 Å². The van der Waals surface area contributed by atoms with Crippen LogP contribution in [0.4, 0.5) is 0 Å². The Hall–Kier alpha value is -1.01. The zero-order chi connectivity index (χ0) is 16.2. The van der Waals surface area contributed by atoms with Crippen molar-refractivity contribution in [1.82, 2.24) is 14.8 Å². The second-order valence-corrected chi connectivity index (χ2v) is 7.29. The number of likely N-dealkylation sites (tertiary alicyclic amines) is 2. The van der Waals surface area contributed by atoms with Gasteiger partial charge in [-0.25, -0.2) is 0 Å². The Morgan fingerprint density at radius 3 is 2.79 bits per heavy atom. The first kappa shape index (κ1) is 16.5. The highest BCUT2D eigenvalue weighted by Gasteiger charge is 2.44. The molecule has 3 aliphatic rings. The van der Waals surface area contributed by atoms with Crippen LogP contribution in [0.1, 0.15) is 31.2 Å². The molecule has 5 heteroatoms. The summed E-state index contributed by atoms with van der Waals surface area (Å²) in [5.41, 5.74) is 1.19. The van der Waals surface area contributed by atoms with Crippen molar-refractivity contribution in [2.75, 3.05) is 39.3 Å². The van der Waals surface area contributed by atoms with Crippen molar-refractivity contribution in [2.24, 2.45) is 0 Å². The Bertz CT molecular complexity index is 507. The average molecular weight is 331 g/mol. The van der Waals surface area contributed by atoms with Crippen LogP contribution in [0.3, 0.4) is 0 Å². The summed E-state index contributed by atoms with van der Waals surface area (Å²) in [5, 5.41) is 0. The molecule has 4 heterocycles. The van der Waals surface area contributed by atoms with E-state index in [0.29, 0.717) is 12.6 Å². The summed E-state index contributed by atoms with van der Waals surface area (Å²) < 4.78 is 12.4. The van der Waals surface area contributed by atoms with E-state index in [-0.39, 0.29) is 12.2 Å². The van der Waals surface area contributed by atoms with E-state index in [1.54, 1.807) is 0 Å². The largest absolute Gasteiger partial charge is 0.374 e. The van der Waals surface area contributed by atoms with Crippen LogP contribution in [-0.2, 0) is 16.1 Å². The predicted molar refractivity (Wildman–Crippen MR) is 92.8 cm³/mol. The molecular formula is C19H29N3O2. The van der Waals surface area contributed by atoms with Crippen LogP contribution < -0.4 is 0 Å². The smallest absolute Gasteiger partial charge is 0.100 e. The molecule has 3 fully saturated rings. The van der Waals surface area contributed by atoms with E-state index in [2.05, 4.69) is 14.8 Å². The summed E-state index contributed by atoms with van der Waals surface area (Å²) in [6, 6.07) is 4.60. The highest BCUT2D eigenvalue weighted by atomic mass is 16.5. The zero-order valence-electron chi connectivity index (χ0n) is 14.5.